The van der Waals surface area contributed by atoms with Gasteiger partial charge in [0.15, 0.2) is 0 Å². The smallest absolute Gasteiger partial charge is 0.325 e. The van der Waals surface area contributed by atoms with E-state index in [1.165, 1.54) is 19.0 Å². The summed E-state index contributed by atoms with van der Waals surface area (Å²) in [5, 5.41) is 17.0. The molecular weight excluding hydrogens is 646 g/mol. The molecule has 1 aliphatic rings. The zero-order valence-corrected chi connectivity index (χ0v) is 32.6. The van der Waals surface area contributed by atoms with Gasteiger partial charge in [0.1, 0.15) is 12.6 Å². The molecule has 1 heterocycles. The first-order valence-corrected chi connectivity index (χ1v) is 18.5. The minimum atomic E-state index is -0.666. The lowest BCUT2D eigenvalue weighted by Gasteiger charge is -2.34. The van der Waals surface area contributed by atoms with Crippen LogP contribution in [0.1, 0.15) is 94.4 Å². The molecular formula is C36H63N5O7S. The molecule has 1 rings (SSSR count). The highest BCUT2D eigenvalue weighted by Crippen LogP contribution is 2.32. The molecule has 280 valence electrons. The van der Waals surface area contributed by atoms with E-state index in [1.807, 2.05) is 48.5 Å². The Bertz CT molecular complexity index is 1180. The predicted octanol–water partition coefficient (Wildman–Crippen LogP) is 3.81. The molecule has 5 atom stereocenters. The maximum absolute atomic E-state index is 13.1. The third kappa shape index (κ3) is 16.6. The molecule has 13 heteroatoms. The largest absolute Gasteiger partial charge is 0.460 e. The molecule has 4 unspecified atom stereocenters. The second-order valence-electron chi connectivity index (χ2n) is 14.8. The summed E-state index contributed by atoms with van der Waals surface area (Å²) >= 11 is 1.55. The van der Waals surface area contributed by atoms with Gasteiger partial charge in [-0.25, -0.2) is 0 Å². The lowest BCUT2D eigenvalue weighted by molar-refractivity contribution is -0.160. The lowest BCUT2D eigenvalue weighted by atomic mass is 9.81. The van der Waals surface area contributed by atoms with Crippen LogP contribution in [-0.4, -0.2) is 114 Å². The number of ether oxygens (including phenoxy) is 1. The fraction of sp³-hybridized carbons (Fsp3) is 0.778. The van der Waals surface area contributed by atoms with Crippen LogP contribution in [-0.2, 0) is 28.7 Å². The Morgan fingerprint density at radius 3 is 2.31 bits per heavy atom. The van der Waals surface area contributed by atoms with Crippen molar-refractivity contribution in [3.8, 4) is 0 Å². The molecule has 0 saturated heterocycles. The standard InChI is InChI=1S/C36H63N5O7S/c1-12-13-14-41(31(44)15-23(2)3)21-33(46)48-29(36(7,8)9)17-24(4)16-28(42)26(6)35-39-27(22-49-35)18-25(5)34(47)38-19-32(45)40(11)20-30(43)37-10/h18,23-24,26-29,42H,12-17,19-22H2,1-11H3,(H,37,43)(H,38,47)/b25-18+/t24-,26?,27?,28?,29?/m0/s1. The van der Waals surface area contributed by atoms with Gasteiger partial charge in [-0.1, -0.05) is 67.9 Å². The molecule has 0 spiro atoms. The average molecular weight is 710 g/mol. The van der Waals surface area contributed by atoms with E-state index in [0.29, 0.717) is 37.1 Å². The number of carbonyl (C=O) groups is 5. The number of aliphatic hydroxyl groups is 1. The molecule has 3 N–H and O–H groups in total. The first-order valence-electron chi connectivity index (χ1n) is 17.6. The number of aliphatic hydroxyl groups excluding tert-OH is 1. The summed E-state index contributed by atoms with van der Waals surface area (Å²) in [6.07, 6.45) is 3.91. The van der Waals surface area contributed by atoms with Crippen molar-refractivity contribution in [2.24, 2.45) is 28.2 Å². The van der Waals surface area contributed by atoms with Gasteiger partial charge in [0.05, 0.1) is 30.3 Å². The Labute approximate surface area is 298 Å². The molecule has 0 aromatic rings. The van der Waals surface area contributed by atoms with E-state index in [-0.39, 0.29) is 78.6 Å². The van der Waals surface area contributed by atoms with Crippen molar-refractivity contribution in [2.75, 3.05) is 46.0 Å². The summed E-state index contributed by atoms with van der Waals surface area (Å²) in [5.74, 6) is -0.843. The van der Waals surface area contributed by atoms with Crippen LogP contribution >= 0.6 is 11.8 Å². The van der Waals surface area contributed by atoms with Gasteiger partial charge in [-0.05, 0) is 43.4 Å². The highest BCUT2D eigenvalue weighted by molar-refractivity contribution is 8.14. The Balaban J connectivity index is 2.77. The van der Waals surface area contributed by atoms with E-state index in [2.05, 4.69) is 17.6 Å². The topological polar surface area (TPSA) is 158 Å². The van der Waals surface area contributed by atoms with Crippen LogP contribution in [0.25, 0.3) is 0 Å². The number of hydrogen-bond acceptors (Lipinski definition) is 9. The van der Waals surface area contributed by atoms with Crippen molar-refractivity contribution in [2.45, 2.75) is 113 Å². The Morgan fingerprint density at radius 1 is 1.08 bits per heavy atom. The molecule has 0 radical (unpaired) electrons. The number of esters is 1. The van der Waals surface area contributed by atoms with Crippen LogP contribution < -0.4 is 10.6 Å². The van der Waals surface area contributed by atoms with Crippen LogP contribution in [0.4, 0.5) is 0 Å². The van der Waals surface area contributed by atoms with Crippen LogP contribution in [0.2, 0.25) is 0 Å². The van der Waals surface area contributed by atoms with E-state index in [1.54, 1.807) is 29.7 Å². The van der Waals surface area contributed by atoms with Gasteiger partial charge in [-0.2, -0.15) is 0 Å². The number of amides is 4. The third-order valence-electron chi connectivity index (χ3n) is 8.48. The van der Waals surface area contributed by atoms with Gasteiger partial charge in [0, 0.05) is 44.3 Å². The average Bonchev–Trinajstić information content (AvgIpc) is 3.47. The van der Waals surface area contributed by atoms with Crippen molar-refractivity contribution >= 4 is 46.4 Å². The van der Waals surface area contributed by atoms with E-state index >= 15 is 0 Å². The van der Waals surface area contributed by atoms with Crippen molar-refractivity contribution < 1.29 is 33.8 Å². The number of likely N-dealkylation sites (N-methyl/N-ethyl adjacent to an activating group) is 2. The number of nitrogens with zero attached hydrogens (tertiary/aromatic N) is 3. The zero-order valence-electron chi connectivity index (χ0n) is 31.8. The minimum absolute atomic E-state index is 0.0301. The number of hydrogen-bond donors (Lipinski definition) is 3. The quantitative estimate of drug-likeness (QED) is 0.127. The first kappa shape index (κ1) is 44.1. The number of rotatable bonds is 20. The van der Waals surface area contributed by atoms with Gasteiger partial charge >= 0.3 is 5.97 Å². The summed E-state index contributed by atoms with van der Waals surface area (Å²) in [7, 11) is 2.98. The molecule has 4 amide bonds. The normalized spacial score (nSPS) is 17.4. The third-order valence-corrected chi connectivity index (χ3v) is 9.77. The molecule has 0 aromatic carbocycles. The highest BCUT2D eigenvalue weighted by Gasteiger charge is 2.33. The lowest BCUT2D eigenvalue weighted by Crippen LogP contribution is -2.42. The SMILES string of the molecule is CCCCN(CC(=O)OC(C[C@@H](C)CC(O)C(C)C1=NC(/C=C(\C)C(=O)NCC(=O)N(C)CC(=O)NC)CS1)C(C)(C)C)C(=O)CC(C)C. The van der Waals surface area contributed by atoms with Crippen molar-refractivity contribution in [1.29, 1.82) is 0 Å². The molecule has 12 nitrogen and oxygen atoms in total. The molecule has 0 bridgehead atoms. The van der Waals surface area contributed by atoms with Gasteiger partial charge < -0.3 is 30.3 Å². The first-order chi connectivity index (χ1) is 22.8. The number of thioether (sulfide) groups is 1. The Hall–Kier alpha value is -2.93. The Kier molecular flexibility index (Phi) is 19.2. The predicted molar refractivity (Wildman–Crippen MR) is 196 cm³/mol. The van der Waals surface area contributed by atoms with Crippen molar-refractivity contribution in [3.63, 3.8) is 0 Å². The van der Waals surface area contributed by atoms with Gasteiger partial charge in [0.2, 0.25) is 23.6 Å². The second-order valence-corrected chi connectivity index (χ2v) is 15.9. The van der Waals surface area contributed by atoms with E-state index in [9.17, 15) is 29.1 Å². The number of aliphatic imine (C=N–C) groups is 1. The van der Waals surface area contributed by atoms with Gasteiger partial charge in [-0.15, -0.1) is 11.8 Å². The van der Waals surface area contributed by atoms with E-state index < -0.39 is 12.1 Å². The van der Waals surface area contributed by atoms with Crippen LogP contribution in [0.3, 0.4) is 0 Å². The number of nitrogens with one attached hydrogen (secondary N) is 2. The fourth-order valence-corrected chi connectivity index (χ4v) is 6.35. The monoisotopic (exact) mass is 709 g/mol. The van der Waals surface area contributed by atoms with Gasteiger partial charge in [0.25, 0.3) is 0 Å². The zero-order chi connectivity index (χ0) is 37.5. The van der Waals surface area contributed by atoms with E-state index in [0.717, 1.165) is 17.9 Å². The molecule has 0 fully saturated rings. The molecule has 1 aliphatic heterocycles. The van der Waals surface area contributed by atoms with Gasteiger partial charge in [-0.3, -0.25) is 29.0 Å². The minimum Gasteiger partial charge on any atom is -0.460 e. The fourth-order valence-electron chi connectivity index (χ4n) is 5.21. The maximum atomic E-state index is 13.1. The molecule has 49 heavy (non-hydrogen) atoms. The van der Waals surface area contributed by atoms with Crippen molar-refractivity contribution in [3.05, 3.63) is 11.6 Å². The summed E-state index contributed by atoms with van der Waals surface area (Å²) in [5.41, 5.74) is 0.0975. The van der Waals surface area contributed by atoms with E-state index in [4.69, 9.17) is 9.73 Å². The van der Waals surface area contributed by atoms with Crippen LogP contribution in [0, 0.1) is 23.2 Å². The molecule has 0 aromatic heterocycles. The van der Waals surface area contributed by atoms with Crippen molar-refractivity contribution in [1.82, 2.24) is 20.4 Å². The van der Waals surface area contributed by atoms with Crippen LogP contribution in [0.5, 0.6) is 0 Å². The highest BCUT2D eigenvalue weighted by atomic mass is 32.2. The summed E-state index contributed by atoms with van der Waals surface area (Å²) < 4.78 is 6.01. The number of unbranched alkanes of at least 4 members (excludes halogenated alkanes) is 1. The molecule has 0 saturated carbocycles. The summed E-state index contributed by atoms with van der Waals surface area (Å²) in [6.45, 7) is 17.9. The molecule has 0 aliphatic carbocycles. The second kappa shape index (κ2) is 21.3. The summed E-state index contributed by atoms with van der Waals surface area (Å²) in [4.78, 5) is 69.8. The Morgan fingerprint density at radius 2 is 1.73 bits per heavy atom. The maximum Gasteiger partial charge on any atom is 0.325 e. The summed E-state index contributed by atoms with van der Waals surface area (Å²) in [6, 6.07) is -0.238. The number of carbonyl (C=O) groups excluding carboxylic acids is 5. The van der Waals surface area contributed by atoms with Crippen LogP contribution in [0.15, 0.2) is 16.6 Å².